The van der Waals surface area contributed by atoms with E-state index in [2.05, 4.69) is 40.3 Å². The van der Waals surface area contributed by atoms with Gasteiger partial charge in [0.1, 0.15) is 0 Å². The molecule has 4 saturated carbocycles. The smallest absolute Gasteiger partial charge is 0.230 e. The third-order valence-electron chi connectivity index (χ3n) is 6.57. The van der Waals surface area contributed by atoms with E-state index in [-0.39, 0.29) is 5.91 Å². The average molecular weight is 408 g/mol. The van der Waals surface area contributed by atoms with Crippen molar-refractivity contribution < 1.29 is 4.79 Å². The summed E-state index contributed by atoms with van der Waals surface area (Å²) in [5.41, 5.74) is 0.396. The molecule has 4 fully saturated rings. The predicted molar refractivity (Wildman–Crippen MR) is 103 cm³/mol. The first-order valence-electron chi connectivity index (χ1n) is 9.20. The fraction of sp³-hybridized carbons (Fsp3) is 0.650. The lowest BCUT2D eigenvalue weighted by molar-refractivity contribution is -0.123. The van der Waals surface area contributed by atoms with Gasteiger partial charge in [-0.05, 0) is 92.9 Å². The van der Waals surface area contributed by atoms with Crippen LogP contribution >= 0.6 is 27.7 Å². The Morgan fingerprint density at radius 1 is 1.17 bits per heavy atom. The number of halogens is 1. The van der Waals surface area contributed by atoms with Crippen LogP contribution in [-0.2, 0) is 4.79 Å². The molecule has 5 rings (SSSR count). The van der Waals surface area contributed by atoms with Crippen LogP contribution in [0.2, 0.25) is 0 Å². The lowest BCUT2D eigenvalue weighted by Gasteiger charge is -2.59. The summed E-state index contributed by atoms with van der Waals surface area (Å²) < 4.78 is 1.08. The number of carbonyl (C=O) groups excluding carboxylic acids is 1. The molecule has 4 heteroatoms. The Bertz CT molecular complexity index is 579. The molecule has 1 unspecified atom stereocenters. The van der Waals surface area contributed by atoms with Crippen molar-refractivity contribution in [2.24, 2.45) is 23.2 Å². The highest BCUT2D eigenvalue weighted by Gasteiger charge is 2.53. The summed E-state index contributed by atoms with van der Waals surface area (Å²) in [6.07, 6.45) is 8.42. The lowest BCUT2D eigenvalue weighted by Crippen LogP contribution is -2.56. The zero-order chi connectivity index (χ0) is 16.7. The molecule has 24 heavy (non-hydrogen) atoms. The number of nitrogens with one attached hydrogen (secondary N) is 1. The second kappa shape index (κ2) is 6.68. The molecule has 4 aliphatic rings. The molecule has 1 N–H and O–H groups in total. The molecule has 1 aromatic rings. The second-order valence-electron chi connectivity index (χ2n) is 8.31. The Balaban J connectivity index is 1.33. The molecule has 0 radical (unpaired) electrons. The number of rotatable bonds is 5. The van der Waals surface area contributed by atoms with Gasteiger partial charge in [0.25, 0.3) is 0 Å². The van der Waals surface area contributed by atoms with Gasteiger partial charge in [-0.25, -0.2) is 0 Å². The molecule has 0 aromatic heterocycles. The van der Waals surface area contributed by atoms with E-state index in [4.69, 9.17) is 0 Å². The summed E-state index contributed by atoms with van der Waals surface area (Å²) in [7, 11) is 0. The molecule has 4 aliphatic carbocycles. The fourth-order valence-corrected chi connectivity index (χ4v) is 6.80. The van der Waals surface area contributed by atoms with Gasteiger partial charge in [0.15, 0.2) is 0 Å². The maximum absolute atomic E-state index is 12.4. The Labute approximate surface area is 157 Å². The minimum absolute atomic E-state index is 0.186. The molecular weight excluding hydrogens is 382 g/mol. The first kappa shape index (κ1) is 17.0. The summed E-state index contributed by atoms with van der Waals surface area (Å²) in [5.74, 6) is 3.51. The maximum atomic E-state index is 12.4. The molecule has 2 nitrogen and oxygen atoms in total. The molecule has 130 valence electrons. The van der Waals surface area contributed by atoms with Crippen molar-refractivity contribution in [2.75, 3.05) is 5.75 Å². The second-order valence-corrected chi connectivity index (χ2v) is 10.3. The number of hydrogen-bond acceptors (Lipinski definition) is 2. The van der Waals surface area contributed by atoms with Crippen molar-refractivity contribution in [1.82, 2.24) is 5.32 Å². The van der Waals surface area contributed by atoms with Crippen LogP contribution in [0, 0.1) is 23.2 Å². The summed E-state index contributed by atoms with van der Waals surface area (Å²) in [4.78, 5) is 13.6. The van der Waals surface area contributed by atoms with Crippen LogP contribution in [0.25, 0.3) is 0 Å². The highest BCUT2D eigenvalue weighted by molar-refractivity contribution is 9.10. The van der Waals surface area contributed by atoms with Crippen LogP contribution < -0.4 is 5.32 Å². The van der Waals surface area contributed by atoms with E-state index < -0.39 is 0 Å². The lowest BCUT2D eigenvalue weighted by atomic mass is 9.48. The van der Waals surface area contributed by atoms with Crippen molar-refractivity contribution in [1.29, 1.82) is 0 Å². The highest BCUT2D eigenvalue weighted by Crippen LogP contribution is 2.61. The van der Waals surface area contributed by atoms with E-state index in [1.54, 1.807) is 11.8 Å². The van der Waals surface area contributed by atoms with Gasteiger partial charge >= 0.3 is 0 Å². The summed E-state index contributed by atoms with van der Waals surface area (Å²) in [5, 5.41) is 3.35. The number of carbonyl (C=O) groups is 1. The van der Waals surface area contributed by atoms with Crippen LogP contribution in [0.5, 0.6) is 0 Å². The first-order valence-corrected chi connectivity index (χ1v) is 11.0. The van der Waals surface area contributed by atoms with Crippen molar-refractivity contribution >= 4 is 33.6 Å². The number of benzene rings is 1. The van der Waals surface area contributed by atoms with Crippen molar-refractivity contribution in [3.63, 3.8) is 0 Å². The van der Waals surface area contributed by atoms with Gasteiger partial charge in [0.2, 0.25) is 5.91 Å². The fourth-order valence-electron chi connectivity index (χ4n) is 5.82. The molecule has 0 aliphatic heterocycles. The zero-order valence-electron chi connectivity index (χ0n) is 14.3. The third kappa shape index (κ3) is 3.41. The quantitative estimate of drug-likeness (QED) is 0.674. The van der Waals surface area contributed by atoms with Crippen molar-refractivity contribution in [3.05, 3.63) is 28.7 Å². The molecular formula is C20H26BrNOS. The number of thioether (sulfide) groups is 1. The molecule has 1 amide bonds. The number of hydrogen-bond donors (Lipinski definition) is 1. The third-order valence-corrected chi connectivity index (χ3v) is 8.11. The standard InChI is InChI=1S/C20H26BrNOS/c1-13(20-9-14-6-15(10-20)8-16(7-14)11-20)22-19(23)12-24-18-4-2-17(21)3-5-18/h2-5,13-16H,6-12H2,1H3,(H,22,23). The molecule has 0 heterocycles. The van der Waals surface area contributed by atoms with Crippen LogP contribution in [0.3, 0.4) is 0 Å². The predicted octanol–water partition coefficient (Wildman–Crippen LogP) is 5.26. The molecule has 1 atom stereocenters. The Hall–Kier alpha value is -0.480. The van der Waals surface area contributed by atoms with Crippen LogP contribution in [-0.4, -0.2) is 17.7 Å². The number of amides is 1. The van der Waals surface area contributed by atoms with Gasteiger partial charge < -0.3 is 5.32 Å². The Morgan fingerprint density at radius 3 is 2.25 bits per heavy atom. The van der Waals surface area contributed by atoms with Gasteiger partial charge in [0, 0.05) is 15.4 Å². The van der Waals surface area contributed by atoms with Gasteiger partial charge in [0.05, 0.1) is 5.75 Å². The van der Waals surface area contributed by atoms with Gasteiger partial charge in [-0.2, -0.15) is 0 Å². The first-order chi connectivity index (χ1) is 11.5. The SMILES string of the molecule is CC(NC(=O)CSc1ccc(Br)cc1)C12CC3CC(CC(C3)C1)C2. The maximum Gasteiger partial charge on any atom is 0.230 e. The summed E-state index contributed by atoms with van der Waals surface area (Å²) in [6.45, 7) is 2.26. The van der Waals surface area contributed by atoms with E-state index >= 15 is 0 Å². The Kier molecular flexibility index (Phi) is 4.72. The topological polar surface area (TPSA) is 29.1 Å². The van der Waals surface area contributed by atoms with Crippen LogP contribution in [0.4, 0.5) is 0 Å². The minimum Gasteiger partial charge on any atom is -0.352 e. The van der Waals surface area contributed by atoms with Gasteiger partial charge in [-0.1, -0.05) is 15.9 Å². The summed E-state index contributed by atoms with van der Waals surface area (Å²) >= 11 is 5.07. The zero-order valence-corrected chi connectivity index (χ0v) is 16.7. The molecule has 0 saturated heterocycles. The van der Waals surface area contributed by atoms with E-state index in [0.717, 1.165) is 27.1 Å². The molecule has 0 spiro atoms. The molecule has 4 bridgehead atoms. The molecule has 1 aromatic carbocycles. The van der Waals surface area contributed by atoms with Gasteiger partial charge in [-0.3, -0.25) is 4.79 Å². The van der Waals surface area contributed by atoms with Crippen molar-refractivity contribution in [2.45, 2.75) is 56.4 Å². The van der Waals surface area contributed by atoms with E-state index in [1.165, 1.54) is 38.5 Å². The Morgan fingerprint density at radius 2 is 1.71 bits per heavy atom. The van der Waals surface area contributed by atoms with E-state index in [9.17, 15) is 4.79 Å². The largest absolute Gasteiger partial charge is 0.352 e. The van der Waals surface area contributed by atoms with Gasteiger partial charge in [-0.15, -0.1) is 11.8 Å². The van der Waals surface area contributed by atoms with Crippen LogP contribution in [0.15, 0.2) is 33.6 Å². The summed E-state index contributed by atoms with van der Waals surface area (Å²) in [6, 6.07) is 8.50. The average Bonchev–Trinajstić information content (AvgIpc) is 2.53. The minimum atomic E-state index is 0.186. The monoisotopic (exact) mass is 407 g/mol. The van der Waals surface area contributed by atoms with Crippen molar-refractivity contribution in [3.8, 4) is 0 Å². The highest BCUT2D eigenvalue weighted by atomic mass is 79.9. The van der Waals surface area contributed by atoms with E-state index in [0.29, 0.717) is 17.2 Å². The van der Waals surface area contributed by atoms with Crippen LogP contribution in [0.1, 0.15) is 45.4 Å². The van der Waals surface area contributed by atoms with E-state index in [1.807, 2.05) is 12.1 Å². The normalized spacial score (nSPS) is 35.0.